The molecule has 2 aromatic heterocycles. The van der Waals surface area contributed by atoms with E-state index in [1.165, 1.54) is 11.8 Å². The molecule has 7 nitrogen and oxygen atoms in total. The highest BCUT2D eigenvalue weighted by Gasteiger charge is 2.27. The van der Waals surface area contributed by atoms with Gasteiger partial charge in [-0.25, -0.2) is 4.79 Å². The number of hydrogen-bond donors (Lipinski definition) is 1. The predicted octanol–water partition coefficient (Wildman–Crippen LogP) is 2.61. The van der Waals surface area contributed by atoms with Crippen molar-refractivity contribution in [3.63, 3.8) is 0 Å². The minimum atomic E-state index is -0.410. The standard InChI is InChI=1S/C16H22N4O3S/c1-7-23-15(22)12-8(2)13(17-9(12)3)14(21)10(4)24-16-19-18-11(5)20(16)6/h10,17H,7H2,1-6H3. The van der Waals surface area contributed by atoms with Gasteiger partial charge in [0.15, 0.2) is 10.9 Å². The quantitative estimate of drug-likeness (QED) is 0.489. The first-order valence-corrected chi connectivity index (χ1v) is 8.59. The summed E-state index contributed by atoms with van der Waals surface area (Å²) in [6.07, 6.45) is 0. The third-order valence-electron chi connectivity index (χ3n) is 3.87. The smallest absolute Gasteiger partial charge is 0.340 e. The lowest BCUT2D eigenvalue weighted by Crippen LogP contribution is -2.16. The van der Waals surface area contributed by atoms with E-state index in [-0.39, 0.29) is 11.0 Å². The summed E-state index contributed by atoms with van der Waals surface area (Å²) in [6, 6.07) is 0. The normalized spacial score (nSPS) is 12.2. The largest absolute Gasteiger partial charge is 0.462 e. The van der Waals surface area contributed by atoms with Crippen molar-refractivity contribution < 1.29 is 14.3 Å². The molecule has 0 aliphatic heterocycles. The molecule has 2 rings (SSSR count). The second kappa shape index (κ2) is 7.21. The lowest BCUT2D eigenvalue weighted by molar-refractivity contribution is 0.0525. The molecule has 0 aliphatic rings. The van der Waals surface area contributed by atoms with Gasteiger partial charge in [-0.2, -0.15) is 0 Å². The molecule has 0 spiro atoms. The number of ether oxygens (including phenoxy) is 1. The predicted molar refractivity (Wildman–Crippen MR) is 91.6 cm³/mol. The first-order chi connectivity index (χ1) is 11.3. The number of aromatic amines is 1. The zero-order valence-electron chi connectivity index (χ0n) is 14.8. The molecule has 24 heavy (non-hydrogen) atoms. The fraction of sp³-hybridized carbons (Fsp3) is 0.500. The highest BCUT2D eigenvalue weighted by atomic mass is 32.2. The van der Waals surface area contributed by atoms with E-state index >= 15 is 0 Å². The Balaban J connectivity index is 2.25. The minimum Gasteiger partial charge on any atom is -0.462 e. The first kappa shape index (κ1) is 18.3. The van der Waals surface area contributed by atoms with Crippen molar-refractivity contribution in [1.82, 2.24) is 19.7 Å². The third-order valence-corrected chi connectivity index (χ3v) is 5.00. The molecule has 0 radical (unpaired) electrons. The lowest BCUT2D eigenvalue weighted by Gasteiger charge is -2.09. The van der Waals surface area contributed by atoms with E-state index in [1.54, 1.807) is 20.8 Å². The molecule has 8 heteroatoms. The summed E-state index contributed by atoms with van der Waals surface area (Å²) in [5, 5.41) is 8.38. The molecular formula is C16H22N4O3S. The molecule has 1 unspecified atom stereocenters. The summed E-state index contributed by atoms with van der Waals surface area (Å²) in [6.45, 7) is 9.24. The van der Waals surface area contributed by atoms with Gasteiger partial charge in [0.1, 0.15) is 5.82 Å². The van der Waals surface area contributed by atoms with Gasteiger partial charge in [0.2, 0.25) is 0 Å². The van der Waals surface area contributed by atoms with Crippen molar-refractivity contribution in [3.05, 3.63) is 28.3 Å². The number of carbonyl (C=O) groups is 2. The van der Waals surface area contributed by atoms with Crippen LogP contribution in [0.4, 0.5) is 0 Å². The molecule has 0 amide bonds. The van der Waals surface area contributed by atoms with Crippen molar-refractivity contribution in [1.29, 1.82) is 0 Å². The van der Waals surface area contributed by atoms with E-state index in [0.29, 0.717) is 34.3 Å². The summed E-state index contributed by atoms with van der Waals surface area (Å²) in [4.78, 5) is 27.9. The van der Waals surface area contributed by atoms with Gasteiger partial charge in [0, 0.05) is 12.7 Å². The van der Waals surface area contributed by atoms with Crippen LogP contribution < -0.4 is 0 Å². The summed E-state index contributed by atoms with van der Waals surface area (Å²) in [7, 11) is 1.86. The fourth-order valence-corrected chi connectivity index (χ4v) is 3.33. The van der Waals surface area contributed by atoms with Crippen LogP contribution in [0.1, 0.15) is 51.8 Å². The van der Waals surface area contributed by atoms with Gasteiger partial charge >= 0.3 is 5.97 Å². The van der Waals surface area contributed by atoms with Gasteiger partial charge in [-0.1, -0.05) is 11.8 Å². The van der Waals surface area contributed by atoms with Crippen molar-refractivity contribution >= 4 is 23.5 Å². The third kappa shape index (κ3) is 3.38. The number of Topliss-reactive ketones (excluding diaryl/α,β-unsaturated/α-hetero) is 1. The number of aryl methyl sites for hydroxylation is 2. The number of rotatable bonds is 6. The maximum absolute atomic E-state index is 12.8. The topological polar surface area (TPSA) is 89.9 Å². The van der Waals surface area contributed by atoms with E-state index < -0.39 is 5.97 Å². The van der Waals surface area contributed by atoms with Crippen LogP contribution in [0.2, 0.25) is 0 Å². The van der Waals surface area contributed by atoms with Crippen LogP contribution in [0.5, 0.6) is 0 Å². The lowest BCUT2D eigenvalue weighted by atomic mass is 10.1. The van der Waals surface area contributed by atoms with Crippen molar-refractivity contribution in [2.45, 2.75) is 45.0 Å². The van der Waals surface area contributed by atoms with Crippen molar-refractivity contribution in [2.75, 3.05) is 6.61 Å². The fourth-order valence-electron chi connectivity index (χ4n) is 2.41. The Morgan fingerprint density at radius 1 is 1.29 bits per heavy atom. The number of ketones is 1. The zero-order chi connectivity index (χ0) is 18.0. The first-order valence-electron chi connectivity index (χ1n) is 7.71. The highest BCUT2D eigenvalue weighted by molar-refractivity contribution is 8.00. The molecule has 0 aliphatic carbocycles. The molecule has 2 heterocycles. The molecule has 0 saturated carbocycles. The van der Waals surface area contributed by atoms with Crippen molar-refractivity contribution in [3.8, 4) is 0 Å². The van der Waals surface area contributed by atoms with E-state index in [1.807, 2.05) is 25.5 Å². The Morgan fingerprint density at radius 2 is 1.96 bits per heavy atom. The number of thioether (sulfide) groups is 1. The van der Waals surface area contributed by atoms with Crippen LogP contribution >= 0.6 is 11.8 Å². The Bertz CT molecular complexity index is 779. The second-order valence-electron chi connectivity index (χ2n) is 5.56. The molecule has 0 fully saturated rings. The van der Waals surface area contributed by atoms with Crippen LogP contribution in [0.15, 0.2) is 5.16 Å². The Kier molecular flexibility index (Phi) is 5.48. The van der Waals surface area contributed by atoms with Crippen molar-refractivity contribution in [2.24, 2.45) is 7.05 Å². The summed E-state index contributed by atoms with van der Waals surface area (Å²) < 4.78 is 6.90. The molecule has 0 saturated heterocycles. The highest BCUT2D eigenvalue weighted by Crippen LogP contribution is 2.27. The SMILES string of the molecule is CCOC(=O)c1c(C)[nH]c(C(=O)C(C)Sc2nnc(C)n2C)c1C. The van der Waals surface area contributed by atoms with Crippen LogP contribution in [-0.2, 0) is 11.8 Å². The Hall–Kier alpha value is -2.09. The summed E-state index contributed by atoms with van der Waals surface area (Å²) >= 11 is 1.34. The molecule has 0 aromatic carbocycles. The molecular weight excluding hydrogens is 328 g/mol. The van der Waals surface area contributed by atoms with E-state index in [2.05, 4.69) is 15.2 Å². The number of nitrogens with zero attached hydrogens (tertiary/aromatic N) is 3. The van der Waals surface area contributed by atoms with E-state index in [9.17, 15) is 9.59 Å². The molecule has 1 atom stereocenters. The number of nitrogens with one attached hydrogen (secondary N) is 1. The van der Waals surface area contributed by atoms with Gasteiger partial charge in [-0.3, -0.25) is 4.79 Å². The van der Waals surface area contributed by atoms with Gasteiger partial charge in [0.05, 0.1) is 23.1 Å². The number of esters is 1. The number of H-pyrrole nitrogens is 1. The van der Waals surface area contributed by atoms with Crippen LogP contribution in [0.3, 0.4) is 0 Å². The van der Waals surface area contributed by atoms with E-state index in [0.717, 1.165) is 5.82 Å². The number of aromatic nitrogens is 4. The number of hydrogen-bond acceptors (Lipinski definition) is 6. The Morgan fingerprint density at radius 3 is 2.50 bits per heavy atom. The van der Waals surface area contributed by atoms with Crippen LogP contribution in [-0.4, -0.2) is 43.4 Å². The maximum atomic E-state index is 12.8. The second-order valence-corrected chi connectivity index (χ2v) is 6.87. The Labute approximate surface area is 145 Å². The minimum absolute atomic E-state index is 0.0863. The zero-order valence-corrected chi connectivity index (χ0v) is 15.6. The van der Waals surface area contributed by atoms with Gasteiger partial charge in [-0.05, 0) is 40.2 Å². The monoisotopic (exact) mass is 350 g/mol. The average Bonchev–Trinajstić information content (AvgIpc) is 3.00. The van der Waals surface area contributed by atoms with Gasteiger partial charge in [0.25, 0.3) is 0 Å². The molecule has 0 bridgehead atoms. The van der Waals surface area contributed by atoms with Crippen LogP contribution in [0.25, 0.3) is 0 Å². The molecule has 1 N–H and O–H groups in total. The average molecular weight is 350 g/mol. The van der Waals surface area contributed by atoms with Gasteiger partial charge in [-0.15, -0.1) is 10.2 Å². The number of carbonyl (C=O) groups excluding carboxylic acids is 2. The van der Waals surface area contributed by atoms with E-state index in [4.69, 9.17) is 4.74 Å². The maximum Gasteiger partial charge on any atom is 0.340 e. The van der Waals surface area contributed by atoms with Crippen LogP contribution in [0, 0.1) is 20.8 Å². The summed E-state index contributed by atoms with van der Waals surface area (Å²) in [5.74, 6) is 0.289. The molecule has 2 aromatic rings. The summed E-state index contributed by atoms with van der Waals surface area (Å²) in [5.41, 5.74) is 2.14. The van der Waals surface area contributed by atoms with Gasteiger partial charge < -0.3 is 14.3 Å². The molecule has 130 valence electrons.